The Morgan fingerprint density at radius 1 is 1.21 bits per heavy atom. The number of rotatable bonds is 3. The number of hydrogen-bond donors (Lipinski definition) is 2. The molecule has 6 heteroatoms. The monoisotopic (exact) mass is 344 g/mol. The van der Waals surface area contributed by atoms with Gasteiger partial charge in [-0.05, 0) is 43.9 Å². The Morgan fingerprint density at radius 2 is 1.88 bits per heavy atom. The molecule has 2 fully saturated rings. The van der Waals surface area contributed by atoms with Crippen LogP contribution >= 0.6 is 11.6 Å². The van der Waals surface area contributed by atoms with E-state index in [-0.39, 0.29) is 5.91 Å². The van der Waals surface area contributed by atoms with Crippen LogP contribution < -0.4 is 5.32 Å². The highest BCUT2D eigenvalue weighted by molar-refractivity contribution is 6.30. The number of H-pyrrole nitrogens is 1. The van der Waals surface area contributed by atoms with Crippen LogP contribution in [0.1, 0.15) is 36.2 Å². The second kappa shape index (κ2) is 6.22. The molecule has 0 aliphatic carbocycles. The van der Waals surface area contributed by atoms with Gasteiger partial charge < -0.3 is 10.2 Å². The zero-order valence-corrected chi connectivity index (χ0v) is 14.4. The van der Waals surface area contributed by atoms with Crippen LogP contribution in [-0.2, 0) is 0 Å². The van der Waals surface area contributed by atoms with E-state index >= 15 is 0 Å². The standard InChI is InChI=1S/C18H21ClN4O/c1-23(15-8-13-6-7-14(9-15)20-13)18(24)17-10-16(21-22-17)11-2-4-12(19)5-3-11/h2-5,10,13-15,20H,6-9H2,1H3,(H,21,22). The van der Waals surface area contributed by atoms with Crippen molar-refractivity contribution in [3.63, 3.8) is 0 Å². The fourth-order valence-corrected chi connectivity index (χ4v) is 4.03. The van der Waals surface area contributed by atoms with E-state index in [0.29, 0.717) is 28.8 Å². The largest absolute Gasteiger partial charge is 0.337 e. The summed E-state index contributed by atoms with van der Waals surface area (Å²) in [6.07, 6.45) is 4.54. The predicted molar refractivity (Wildman–Crippen MR) is 94.1 cm³/mol. The molecule has 5 nitrogen and oxygen atoms in total. The molecule has 1 aromatic carbocycles. The van der Waals surface area contributed by atoms with E-state index in [2.05, 4.69) is 15.5 Å². The summed E-state index contributed by atoms with van der Waals surface area (Å²) in [5.41, 5.74) is 2.24. The molecule has 4 rings (SSSR count). The molecule has 0 saturated carbocycles. The number of carbonyl (C=O) groups is 1. The van der Waals surface area contributed by atoms with Gasteiger partial charge in [0.05, 0.1) is 5.69 Å². The quantitative estimate of drug-likeness (QED) is 0.899. The molecule has 1 amide bonds. The van der Waals surface area contributed by atoms with E-state index in [0.717, 1.165) is 24.1 Å². The van der Waals surface area contributed by atoms with Crippen LogP contribution in [0.4, 0.5) is 0 Å². The molecule has 126 valence electrons. The summed E-state index contributed by atoms with van der Waals surface area (Å²) >= 11 is 5.92. The third-order valence-electron chi connectivity index (χ3n) is 5.26. The average Bonchev–Trinajstić information content (AvgIpc) is 3.21. The molecule has 2 unspecified atom stereocenters. The second-order valence-electron chi connectivity index (χ2n) is 6.85. The van der Waals surface area contributed by atoms with E-state index in [1.807, 2.05) is 42.3 Å². The first kappa shape index (κ1) is 15.7. The Kier molecular flexibility index (Phi) is 4.06. The molecule has 2 atom stereocenters. The Hall–Kier alpha value is -1.85. The highest BCUT2D eigenvalue weighted by Gasteiger charge is 2.36. The van der Waals surface area contributed by atoms with Crippen molar-refractivity contribution in [2.45, 2.75) is 43.8 Å². The number of piperidine rings is 1. The van der Waals surface area contributed by atoms with Crippen LogP contribution in [0, 0.1) is 0 Å². The van der Waals surface area contributed by atoms with E-state index in [9.17, 15) is 4.79 Å². The van der Waals surface area contributed by atoms with Gasteiger partial charge >= 0.3 is 0 Å². The summed E-state index contributed by atoms with van der Waals surface area (Å²) in [6, 6.07) is 10.7. The lowest BCUT2D eigenvalue weighted by Crippen LogP contribution is -2.48. The molecule has 0 radical (unpaired) electrons. The Balaban J connectivity index is 1.49. The number of amides is 1. The van der Waals surface area contributed by atoms with Crippen molar-refractivity contribution < 1.29 is 4.79 Å². The van der Waals surface area contributed by atoms with Gasteiger partial charge in [0.15, 0.2) is 0 Å². The number of fused-ring (bicyclic) bond motifs is 2. The maximum Gasteiger partial charge on any atom is 0.271 e. The van der Waals surface area contributed by atoms with E-state index in [1.165, 1.54) is 12.8 Å². The van der Waals surface area contributed by atoms with Gasteiger partial charge in [-0.2, -0.15) is 5.10 Å². The minimum atomic E-state index is 0.00835. The molecule has 3 heterocycles. The average molecular weight is 345 g/mol. The minimum absolute atomic E-state index is 0.00835. The first-order valence-corrected chi connectivity index (χ1v) is 8.82. The number of hydrogen-bond acceptors (Lipinski definition) is 3. The number of aromatic amines is 1. The number of nitrogens with zero attached hydrogens (tertiary/aromatic N) is 2. The maximum atomic E-state index is 12.8. The third kappa shape index (κ3) is 2.94. The number of aromatic nitrogens is 2. The lowest BCUT2D eigenvalue weighted by Gasteiger charge is -2.35. The third-order valence-corrected chi connectivity index (χ3v) is 5.52. The van der Waals surface area contributed by atoms with Gasteiger partial charge in [0.1, 0.15) is 5.69 Å². The molecule has 2 bridgehead atoms. The van der Waals surface area contributed by atoms with Crippen molar-refractivity contribution >= 4 is 17.5 Å². The zero-order chi connectivity index (χ0) is 16.7. The summed E-state index contributed by atoms with van der Waals surface area (Å²) < 4.78 is 0. The zero-order valence-electron chi connectivity index (χ0n) is 13.6. The smallest absolute Gasteiger partial charge is 0.271 e. The number of halogens is 1. The van der Waals surface area contributed by atoms with Crippen molar-refractivity contribution in [1.82, 2.24) is 20.4 Å². The molecule has 2 aromatic rings. The summed E-state index contributed by atoms with van der Waals surface area (Å²) in [5, 5.41) is 11.5. The molecule has 2 aliphatic heterocycles. The van der Waals surface area contributed by atoms with Crippen molar-refractivity contribution in [2.24, 2.45) is 0 Å². The molecule has 2 saturated heterocycles. The predicted octanol–water partition coefficient (Wildman–Crippen LogP) is 3.09. The Bertz CT molecular complexity index is 730. The molecule has 24 heavy (non-hydrogen) atoms. The first-order chi connectivity index (χ1) is 11.6. The van der Waals surface area contributed by atoms with Crippen LogP contribution in [0.15, 0.2) is 30.3 Å². The molecular formula is C18H21ClN4O. The molecule has 1 aromatic heterocycles. The fraction of sp³-hybridized carbons (Fsp3) is 0.444. The lowest BCUT2D eigenvalue weighted by molar-refractivity contribution is 0.0675. The minimum Gasteiger partial charge on any atom is -0.337 e. The highest BCUT2D eigenvalue weighted by Crippen LogP contribution is 2.30. The normalized spacial score (nSPS) is 25.7. The summed E-state index contributed by atoms with van der Waals surface area (Å²) in [5.74, 6) is 0.00835. The van der Waals surface area contributed by atoms with Crippen molar-refractivity contribution in [3.05, 3.63) is 41.0 Å². The lowest BCUT2D eigenvalue weighted by atomic mass is 9.98. The van der Waals surface area contributed by atoms with Crippen LogP contribution in [0.25, 0.3) is 11.3 Å². The van der Waals surface area contributed by atoms with Crippen LogP contribution in [-0.4, -0.2) is 46.2 Å². The first-order valence-electron chi connectivity index (χ1n) is 8.44. The Labute approximate surface area is 146 Å². The number of benzene rings is 1. The van der Waals surface area contributed by atoms with Crippen LogP contribution in [0.2, 0.25) is 5.02 Å². The number of nitrogens with one attached hydrogen (secondary N) is 2. The SMILES string of the molecule is CN(C(=O)c1cc(-c2ccc(Cl)cc2)n[nH]1)C1CC2CCC(C1)N2. The summed E-state index contributed by atoms with van der Waals surface area (Å²) in [7, 11) is 1.90. The molecule has 2 aliphatic rings. The van der Waals surface area contributed by atoms with E-state index < -0.39 is 0 Å². The number of carbonyl (C=O) groups excluding carboxylic acids is 1. The van der Waals surface area contributed by atoms with Crippen LogP contribution in [0.5, 0.6) is 0 Å². The fourth-order valence-electron chi connectivity index (χ4n) is 3.90. The van der Waals surface area contributed by atoms with Crippen molar-refractivity contribution in [1.29, 1.82) is 0 Å². The van der Waals surface area contributed by atoms with Gasteiger partial charge in [-0.3, -0.25) is 9.89 Å². The topological polar surface area (TPSA) is 61.0 Å². The maximum absolute atomic E-state index is 12.8. The second-order valence-corrected chi connectivity index (χ2v) is 7.29. The highest BCUT2D eigenvalue weighted by atomic mass is 35.5. The summed E-state index contributed by atoms with van der Waals surface area (Å²) in [4.78, 5) is 14.7. The van der Waals surface area contributed by atoms with E-state index in [4.69, 9.17) is 11.6 Å². The van der Waals surface area contributed by atoms with Gasteiger partial charge in [-0.25, -0.2) is 0 Å². The molecule has 0 spiro atoms. The van der Waals surface area contributed by atoms with Gasteiger partial charge in [-0.15, -0.1) is 0 Å². The van der Waals surface area contributed by atoms with Crippen LogP contribution in [0.3, 0.4) is 0 Å². The van der Waals surface area contributed by atoms with Crippen molar-refractivity contribution in [2.75, 3.05) is 7.05 Å². The van der Waals surface area contributed by atoms with Gasteiger partial charge in [-0.1, -0.05) is 23.7 Å². The van der Waals surface area contributed by atoms with Gasteiger partial charge in [0, 0.05) is 35.8 Å². The van der Waals surface area contributed by atoms with Gasteiger partial charge in [0.2, 0.25) is 0 Å². The summed E-state index contributed by atoms with van der Waals surface area (Å²) in [6.45, 7) is 0. The Morgan fingerprint density at radius 3 is 2.54 bits per heavy atom. The van der Waals surface area contributed by atoms with E-state index in [1.54, 1.807) is 0 Å². The van der Waals surface area contributed by atoms with Gasteiger partial charge in [0.25, 0.3) is 5.91 Å². The van der Waals surface area contributed by atoms with Crippen molar-refractivity contribution in [3.8, 4) is 11.3 Å². The molecular weight excluding hydrogens is 324 g/mol. The molecule has 2 N–H and O–H groups in total.